The minimum Gasteiger partial charge on any atom is -0.337 e. The molecule has 0 bridgehead atoms. The Morgan fingerprint density at radius 2 is 2.29 bits per heavy atom. The summed E-state index contributed by atoms with van der Waals surface area (Å²) in [5, 5.41) is 10.4. The largest absolute Gasteiger partial charge is 0.337 e. The Morgan fingerprint density at radius 3 is 3.08 bits per heavy atom. The second-order valence-corrected chi connectivity index (χ2v) is 6.86. The van der Waals surface area contributed by atoms with Gasteiger partial charge in [-0.2, -0.15) is 10.1 Å². The first-order valence-electron chi connectivity index (χ1n) is 7.79. The van der Waals surface area contributed by atoms with E-state index in [4.69, 9.17) is 4.52 Å². The number of aromatic nitrogens is 4. The van der Waals surface area contributed by atoms with Crippen molar-refractivity contribution in [3.63, 3.8) is 0 Å². The van der Waals surface area contributed by atoms with Crippen LogP contribution >= 0.6 is 11.3 Å². The monoisotopic (exact) mass is 343 g/mol. The molecule has 1 unspecified atom stereocenters. The fourth-order valence-corrected chi connectivity index (χ4v) is 3.56. The highest BCUT2D eigenvalue weighted by Gasteiger charge is 2.27. The quantitative estimate of drug-likeness (QED) is 0.724. The summed E-state index contributed by atoms with van der Waals surface area (Å²) < 4.78 is 6.85. The normalized spacial score (nSPS) is 16.1. The van der Waals surface area contributed by atoms with Gasteiger partial charge in [0.25, 0.3) is 5.56 Å². The van der Waals surface area contributed by atoms with Gasteiger partial charge in [-0.1, -0.05) is 11.2 Å². The van der Waals surface area contributed by atoms with Crippen LogP contribution in [-0.4, -0.2) is 31.4 Å². The van der Waals surface area contributed by atoms with Crippen molar-refractivity contribution in [2.75, 3.05) is 6.54 Å². The van der Waals surface area contributed by atoms with Crippen molar-refractivity contribution < 1.29 is 4.52 Å². The van der Waals surface area contributed by atoms with Gasteiger partial charge in [0, 0.05) is 32.6 Å². The Kier molecular flexibility index (Phi) is 3.78. The summed E-state index contributed by atoms with van der Waals surface area (Å²) >= 11 is 1.59. The zero-order valence-electron chi connectivity index (χ0n) is 13.5. The van der Waals surface area contributed by atoms with Crippen molar-refractivity contribution in [3.8, 4) is 10.7 Å². The van der Waals surface area contributed by atoms with Gasteiger partial charge in [-0.3, -0.25) is 9.69 Å². The molecule has 3 aromatic heterocycles. The molecule has 8 heteroatoms. The van der Waals surface area contributed by atoms with Gasteiger partial charge in [-0.25, -0.2) is 4.68 Å². The lowest BCUT2D eigenvalue weighted by molar-refractivity contribution is 0.156. The number of thiophene rings is 1. The maximum atomic E-state index is 11.8. The van der Waals surface area contributed by atoms with E-state index in [0.29, 0.717) is 18.3 Å². The molecule has 7 nitrogen and oxygen atoms in total. The van der Waals surface area contributed by atoms with E-state index in [2.05, 4.69) is 20.1 Å². The predicted octanol–water partition coefficient (Wildman–Crippen LogP) is 2.01. The van der Waals surface area contributed by atoms with E-state index in [-0.39, 0.29) is 11.6 Å². The minimum absolute atomic E-state index is 0.0107. The molecular weight excluding hydrogens is 326 g/mol. The van der Waals surface area contributed by atoms with E-state index in [1.807, 2.05) is 24.4 Å². The molecule has 0 saturated carbocycles. The average molecular weight is 343 g/mol. The number of rotatable bonds is 3. The highest BCUT2D eigenvalue weighted by Crippen LogP contribution is 2.28. The Hall–Kier alpha value is -2.32. The van der Waals surface area contributed by atoms with Gasteiger partial charge in [0.15, 0.2) is 0 Å². The molecule has 1 aliphatic heterocycles. The van der Waals surface area contributed by atoms with Crippen molar-refractivity contribution in [2.45, 2.75) is 25.9 Å². The standard InChI is InChI=1S/C16H17N5O2S/c1-10(16-17-15(19-23-16)13-4-3-7-24-13)21-6-5-12-11(9-21)8-14(22)20(2)18-12/h3-4,7-8,10H,5-6,9H2,1-2H3. The molecular formula is C16H17N5O2S. The molecule has 24 heavy (non-hydrogen) atoms. The summed E-state index contributed by atoms with van der Waals surface area (Å²) in [5.74, 6) is 1.22. The summed E-state index contributed by atoms with van der Waals surface area (Å²) in [5.41, 5.74) is 1.89. The van der Waals surface area contributed by atoms with Crippen molar-refractivity contribution >= 4 is 11.3 Å². The molecule has 4 rings (SSSR count). The van der Waals surface area contributed by atoms with E-state index in [9.17, 15) is 4.79 Å². The molecule has 0 fully saturated rings. The minimum atomic E-state index is -0.0824. The average Bonchev–Trinajstić information content (AvgIpc) is 3.26. The van der Waals surface area contributed by atoms with Gasteiger partial charge in [0.05, 0.1) is 16.6 Å². The van der Waals surface area contributed by atoms with Crippen LogP contribution < -0.4 is 5.56 Å². The zero-order chi connectivity index (χ0) is 16.7. The van der Waals surface area contributed by atoms with Crippen molar-refractivity contribution in [3.05, 3.63) is 51.1 Å². The third-order valence-electron chi connectivity index (χ3n) is 4.36. The maximum Gasteiger partial charge on any atom is 0.266 e. The fraction of sp³-hybridized carbons (Fsp3) is 0.375. The Bertz CT molecular complexity index is 915. The first kappa shape index (κ1) is 15.2. The van der Waals surface area contributed by atoms with Gasteiger partial charge in [0.1, 0.15) is 0 Å². The number of nitrogens with zero attached hydrogens (tertiary/aromatic N) is 5. The smallest absolute Gasteiger partial charge is 0.266 e. The van der Waals surface area contributed by atoms with Gasteiger partial charge in [-0.05, 0) is 23.9 Å². The van der Waals surface area contributed by atoms with Crippen LogP contribution in [0.5, 0.6) is 0 Å². The van der Waals surface area contributed by atoms with Gasteiger partial charge in [0.2, 0.25) is 11.7 Å². The molecule has 0 spiro atoms. The zero-order valence-corrected chi connectivity index (χ0v) is 14.3. The number of fused-ring (bicyclic) bond motifs is 1. The second kappa shape index (κ2) is 5.95. The van der Waals surface area contributed by atoms with Gasteiger partial charge >= 0.3 is 0 Å². The molecule has 124 valence electrons. The predicted molar refractivity (Wildman–Crippen MR) is 89.6 cm³/mol. The fourth-order valence-electron chi connectivity index (χ4n) is 2.91. The highest BCUT2D eigenvalue weighted by molar-refractivity contribution is 7.13. The summed E-state index contributed by atoms with van der Waals surface area (Å²) in [7, 11) is 1.68. The van der Waals surface area contributed by atoms with Crippen LogP contribution in [0.25, 0.3) is 10.7 Å². The number of hydrogen-bond donors (Lipinski definition) is 0. The Morgan fingerprint density at radius 1 is 1.42 bits per heavy atom. The Balaban J connectivity index is 1.56. The van der Waals surface area contributed by atoms with Crippen molar-refractivity contribution in [2.24, 2.45) is 7.05 Å². The van der Waals surface area contributed by atoms with Gasteiger partial charge in [-0.15, -0.1) is 11.3 Å². The van der Waals surface area contributed by atoms with Crippen LogP contribution in [0.2, 0.25) is 0 Å². The molecule has 1 atom stereocenters. The van der Waals surface area contributed by atoms with Crippen LogP contribution in [0.15, 0.2) is 32.9 Å². The van der Waals surface area contributed by atoms with E-state index in [1.54, 1.807) is 24.5 Å². The van der Waals surface area contributed by atoms with E-state index < -0.39 is 0 Å². The van der Waals surface area contributed by atoms with Crippen LogP contribution in [0.3, 0.4) is 0 Å². The molecule has 0 N–H and O–H groups in total. The van der Waals surface area contributed by atoms with E-state index >= 15 is 0 Å². The van der Waals surface area contributed by atoms with E-state index in [0.717, 1.165) is 29.1 Å². The SMILES string of the molecule is CC(c1nc(-c2cccs2)no1)N1CCc2nn(C)c(=O)cc2C1. The summed E-state index contributed by atoms with van der Waals surface area (Å²) in [6, 6.07) is 5.60. The molecule has 0 aromatic carbocycles. The molecule has 1 aliphatic rings. The van der Waals surface area contributed by atoms with Crippen LogP contribution in [-0.2, 0) is 20.0 Å². The van der Waals surface area contributed by atoms with Crippen LogP contribution in [0, 0.1) is 0 Å². The second-order valence-electron chi connectivity index (χ2n) is 5.91. The molecule has 3 aromatic rings. The van der Waals surface area contributed by atoms with Crippen LogP contribution in [0.1, 0.15) is 30.1 Å². The third-order valence-corrected chi connectivity index (χ3v) is 5.22. The summed E-state index contributed by atoms with van der Waals surface area (Å²) in [6.07, 6.45) is 0.805. The first-order chi connectivity index (χ1) is 11.6. The number of aryl methyl sites for hydroxylation is 1. The lowest BCUT2D eigenvalue weighted by atomic mass is 10.0. The lowest BCUT2D eigenvalue weighted by Crippen LogP contribution is -2.36. The van der Waals surface area contributed by atoms with Crippen LogP contribution in [0.4, 0.5) is 0 Å². The molecule has 0 aliphatic carbocycles. The van der Waals surface area contributed by atoms with E-state index in [1.165, 1.54) is 4.68 Å². The molecule has 0 saturated heterocycles. The van der Waals surface area contributed by atoms with Crippen molar-refractivity contribution in [1.29, 1.82) is 0 Å². The maximum absolute atomic E-state index is 11.8. The number of hydrogen-bond acceptors (Lipinski definition) is 7. The first-order valence-corrected chi connectivity index (χ1v) is 8.67. The molecule has 0 amide bonds. The summed E-state index contributed by atoms with van der Waals surface area (Å²) in [4.78, 5) is 19.6. The lowest BCUT2D eigenvalue weighted by Gasteiger charge is -2.31. The van der Waals surface area contributed by atoms with Crippen molar-refractivity contribution in [1.82, 2.24) is 24.8 Å². The summed E-state index contributed by atoms with van der Waals surface area (Å²) in [6.45, 7) is 3.55. The Labute approximate surface area is 142 Å². The molecule has 4 heterocycles. The topological polar surface area (TPSA) is 77.1 Å². The third kappa shape index (κ3) is 2.67. The molecule has 0 radical (unpaired) electrons. The highest BCUT2D eigenvalue weighted by atomic mass is 32.1. The van der Waals surface area contributed by atoms with Gasteiger partial charge < -0.3 is 4.52 Å².